The van der Waals surface area contributed by atoms with Crippen LogP contribution in [0.1, 0.15) is 44.7 Å². The molecule has 4 heterocycles. The van der Waals surface area contributed by atoms with E-state index < -0.39 is 0 Å². The molecule has 0 radical (unpaired) electrons. The molecule has 0 aliphatic carbocycles. The predicted octanol–water partition coefficient (Wildman–Crippen LogP) is 5.65. The minimum atomic E-state index is 0.278. The normalized spacial score (nSPS) is 12.0. The van der Waals surface area contributed by atoms with Gasteiger partial charge in [-0.25, -0.2) is 14.5 Å². The number of fused-ring (bicyclic) bond motifs is 2. The summed E-state index contributed by atoms with van der Waals surface area (Å²) in [5, 5.41) is 16.7. The standard InChI is InChI=1S/C23H25N7S/c1-12(2)19-20(15-8-14(5)22-24-11-25-30(22)10-15)28-29-21(19)23-27-17-7-6-16(26-13(3)4)9-18(17)31-23/h6-13,26H,1-5H3,(H,28,29). The number of thiazole rings is 1. The molecule has 7 nitrogen and oxygen atoms in total. The summed E-state index contributed by atoms with van der Waals surface area (Å²) in [5.41, 5.74) is 8.16. The van der Waals surface area contributed by atoms with Crippen LogP contribution in [0.5, 0.6) is 0 Å². The van der Waals surface area contributed by atoms with Crippen molar-refractivity contribution in [3.05, 3.63) is 47.9 Å². The van der Waals surface area contributed by atoms with Gasteiger partial charge in [0.2, 0.25) is 0 Å². The molecule has 0 saturated carbocycles. The van der Waals surface area contributed by atoms with Crippen molar-refractivity contribution in [2.75, 3.05) is 5.32 Å². The summed E-state index contributed by atoms with van der Waals surface area (Å²) in [7, 11) is 0. The van der Waals surface area contributed by atoms with Crippen LogP contribution in [0.4, 0.5) is 5.69 Å². The molecule has 4 aromatic heterocycles. The molecule has 0 bridgehead atoms. The first-order chi connectivity index (χ1) is 14.9. The fourth-order valence-electron chi connectivity index (χ4n) is 3.97. The number of pyridine rings is 1. The van der Waals surface area contributed by atoms with Gasteiger partial charge in [-0.15, -0.1) is 11.3 Å². The molecule has 0 aliphatic rings. The molecular weight excluding hydrogens is 406 g/mol. The third-order valence-corrected chi connectivity index (χ3v) is 6.31. The molecule has 2 N–H and O–H groups in total. The summed E-state index contributed by atoms with van der Waals surface area (Å²) < 4.78 is 2.97. The number of hydrogen-bond acceptors (Lipinski definition) is 6. The van der Waals surface area contributed by atoms with Crippen LogP contribution in [0, 0.1) is 6.92 Å². The zero-order chi connectivity index (χ0) is 21.7. The number of aromatic nitrogens is 6. The van der Waals surface area contributed by atoms with Crippen LogP contribution in [0.3, 0.4) is 0 Å². The van der Waals surface area contributed by atoms with Gasteiger partial charge in [-0.2, -0.15) is 10.2 Å². The average Bonchev–Trinajstić information content (AvgIpc) is 3.43. The van der Waals surface area contributed by atoms with Crippen LogP contribution in [0.2, 0.25) is 0 Å². The number of benzene rings is 1. The van der Waals surface area contributed by atoms with Crippen molar-refractivity contribution in [1.82, 2.24) is 29.8 Å². The van der Waals surface area contributed by atoms with Gasteiger partial charge >= 0.3 is 0 Å². The summed E-state index contributed by atoms with van der Waals surface area (Å²) >= 11 is 1.69. The Morgan fingerprint density at radius 1 is 1.13 bits per heavy atom. The minimum absolute atomic E-state index is 0.278. The van der Waals surface area contributed by atoms with Gasteiger partial charge in [-0.3, -0.25) is 5.10 Å². The maximum absolute atomic E-state index is 4.90. The summed E-state index contributed by atoms with van der Waals surface area (Å²) in [5.74, 6) is 0.278. The van der Waals surface area contributed by atoms with E-state index in [1.165, 1.54) is 5.56 Å². The van der Waals surface area contributed by atoms with E-state index in [0.29, 0.717) is 6.04 Å². The van der Waals surface area contributed by atoms with E-state index in [2.05, 4.69) is 72.5 Å². The number of aromatic amines is 1. The van der Waals surface area contributed by atoms with Crippen LogP contribution in [-0.4, -0.2) is 35.8 Å². The van der Waals surface area contributed by atoms with E-state index >= 15 is 0 Å². The molecular formula is C23H25N7S. The van der Waals surface area contributed by atoms with Crippen LogP contribution < -0.4 is 5.32 Å². The largest absolute Gasteiger partial charge is 0.383 e. The fraction of sp³-hybridized carbons (Fsp3) is 0.304. The zero-order valence-corrected chi connectivity index (χ0v) is 19.1. The third-order valence-electron chi connectivity index (χ3n) is 5.27. The molecule has 158 valence electrons. The number of nitrogens with zero attached hydrogens (tertiary/aromatic N) is 5. The van der Waals surface area contributed by atoms with Gasteiger partial charge in [-0.1, -0.05) is 13.8 Å². The van der Waals surface area contributed by atoms with Crippen molar-refractivity contribution >= 4 is 32.9 Å². The summed E-state index contributed by atoms with van der Waals surface area (Å²) in [4.78, 5) is 9.23. The van der Waals surface area contributed by atoms with Gasteiger partial charge in [0.25, 0.3) is 0 Å². The SMILES string of the molecule is Cc1cc(-c2n[nH]c(-c3nc4ccc(NC(C)C)cc4s3)c2C(C)C)cn2ncnc12. The molecule has 0 spiro atoms. The van der Waals surface area contributed by atoms with Crippen molar-refractivity contribution in [2.45, 2.75) is 46.6 Å². The highest BCUT2D eigenvalue weighted by Crippen LogP contribution is 2.39. The molecule has 0 fully saturated rings. The second-order valence-corrected chi connectivity index (χ2v) is 9.49. The summed E-state index contributed by atoms with van der Waals surface area (Å²) in [6, 6.07) is 8.85. The van der Waals surface area contributed by atoms with Crippen LogP contribution in [0.15, 0.2) is 36.8 Å². The molecule has 5 aromatic rings. The number of hydrogen-bond donors (Lipinski definition) is 2. The lowest BCUT2D eigenvalue weighted by atomic mass is 9.97. The minimum Gasteiger partial charge on any atom is -0.383 e. The van der Waals surface area contributed by atoms with Gasteiger partial charge in [0.05, 0.1) is 21.6 Å². The van der Waals surface area contributed by atoms with Crippen molar-refractivity contribution < 1.29 is 0 Å². The lowest BCUT2D eigenvalue weighted by Crippen LogP contribution is -2.09. The molecule has 0 unspecified atom stereocenters. The number of anilines is 1. The van der Waals surface area contributed by atoms with E-state index in [1.807, 2.05) is 17.6 Å². The molecule has 0 saturated heterocycles. The quantitative estimate of drug-likeness (QED) is 0.376. The number of aryl methyl sites for hydroxylation is 1. The van der Waals surface area contributed by atoms with Gasteiger partial charge in [0.15, 0.2) is 5.65 Å². The first-order valence-corrected chi connectivity index (χ1v) is 11.3. The number of H-pyrrole nitrogens is 1. The lowest BCUT2D eigenvalue weighted by molar-refractivity contribution is 0.871. The maximum Gasteiger partial charge on any atom is 0.158 e. The average molecular weight is 432 g/mol. The van der Waals surface area contributed by atoms with Crippen molar-refractivity contribution in [1.29, 1.82) is 0 Å². The monoisotopic (exact) mass is 431 g/mol. The lowest BCUT2D eigenvalue weighted by Gasteiger charge is -2.09. The third kappa shape index (κ3) is 3.46. The van der Waals surface area contributed by atoms with E-state index in [9.17, 15) is 0 Å². The van der Waals surface area contributed by atoms with Gasteiger partial charge in [0, 0.05) is 29.1 Å². The Balaban J connectivity index is 1.62. The highest BCUT2D eigenvalue weighted by Gasteiger charge is 2.22. The van der Waals surface area contributed by atoms with Crippen LogP contribution in [-0.2, 0) is 0 Å². The van der Waals surface area contributed by atoms with Crippen LogP contribution in [0.25, 0.3) is 37.8 Å². The topological polar surface area (TPSA) is 83.8 Å². The van der Waals surface area contributed by atoms with Gasteiger partial charge < -0.3 is 5.32 Å². The van der Waals surface area contributed by atoms with E-state index in [0.717, 1.165) is 49.1 Å². The Hall–Kier alpha value is -3.26. The fourth-order valence-corrected chi connectivity index (χ4v) is 4.99. The van der Waals surface area contributed by atoms with E-state index in [4.69, 9.17) is 10.1 Å². The Kier molecular flexibility index (Phi) is 4.74. The van der Waals surface area contributed by atoms with Crippen molar-refractivity contribution in [3.8, 4) is 22.0 Å². The first kappa shape index (κ1) is 19.7. The molecule has 31 heavy (non-hydrogen) atoms. The second-order valence-electron chi connectivity index (χ2n) is 8.46. The summed E-state index contributed by atoms with van der Waals surface area (Å²) in [6.07, 6.45) is 3.57. The van der Waals surface area contributed by atoms with Crippen LogP contribution >= 0.6 is 11.3 Å². The predicted molar refractivity (Wildman–Crippen MR) is 127 cm³/mol. The van der Waals surface area contributed by atoms with E-state index in [-0.39, 0.29) is 5.92 Å². The maximum atomic E-state index is 4.90. The summed E-state index contributed by atoms with van der Waals surface area (Å²) in [6.45, 7) is 10.7. The van der Waals surface area contributed by atoms with Crippen molar-refractivity contribution in [2.24, 2.45) is 0 Å². The van der Waals surface area contributed by atoms with Gasteiger partial charge in [0.1, 0.15) is 11.3 Å². The van der Waals surface area contributed by atoms with E-state index in [1.54, 1.807) is 17.7 Å². The molecule has 0 atom stereocenters. The number of nitrogens with one attached hydrogen (secondary N) is 2. The Morgan fingerprint density at radius 3 is 2.74 bits per heavy atom. The Labute approximate surface area is 184 Å². The Bertz CT molecular complexity index is 1390. The molecule has 5 rings (SSSR count). The Morgan fingerprint density at radius 2 is 1.97 bits per heavy atom. The second kappa shape index (κ2) is 7.46. The first-order valence-electron chi connectivity index (χ1n) is 10.5. The van der Waals surface area contributed by atoms with Gasteiger partial charge in [-0.05, 0) is 56.5 Å². The molecule has 8 heteroatoms. The highest BCUT2D eigenvalue weighted by atomic mass is 32.1. The van der Waals surface area contributed by atoms with Crippen molar-refractivity contribution in [3.63, 3.8) is 0 Å². The molecule has 0 aliphatic heterocycles. The highest BCUT2D eigenvalue weighted by molar-refractivity contribution is 7.21. The molecule has 0 amide bonds. The zero-order valence-electron chi connectivity index (χ0n) is 18.3. The molecule has 1 aromatic carbocycles. The smallest absolute Gasteiger partial charge is 0.158 e. The number of rotatable bonds is 5.